The first-order valence-corrected chi connectivity index (χ1v) is 13.3. The summed E-state index contributed by atoms with van der Waals surface area (Å²) in [5, 5.41) is 0. The topological polar surface area (TPSA) is 75.7 Å². The molecule has 2 aromatic carbocycles. The van der Waals surface area contributed by atoms with Gasteiger partial charge in [-0.3, -0.25) is 4.79 Å². The summed E-state index contributed by atoms with van der Waals surface area (Å²) in [6.45, 7) is 1.64. The van der Waals surface area contributed by atoms with E-state index in [-0.39, 0.29) is 30.0 Å². The van der Waals surface area contributed by atoms with Crippen molar-refractivity contribution in [1.82, 2.24) is 9.62 Å². The van der Waals surface area contributed by atoms with E-state index in [4.69, 9.17) is 4.74 Å². The number of sulfonamides is 1. The average Bonchev–Trinajstić information content (AvgIpc) is 3.50. The van der Waals surface area contributed by atoms with E-state index in [0.717, 1.165) is 19.1 Å². The predicted molar refractivity (Wildman–Crippen MR) is 123 cm³/mol. The van der Waals surface area contributed by atoms with E-state index in [2.05, 4.69) is 4.72 Å². The highest BCUT2D eigenvalue weighted by atomic mass is 32.2. The summed E-state index contributed by atoms with van der Waals surface area (Å²) >= 11 is 0. The molecule has 1 aliphatic carbocycles. The van der Waals surface area contributed by atoms with Crippen molar-refractivity contribution in [2.24, 2.45) is 5.41 Å². The molecule has 1 saturated carbocycles. The molecule has 35 heavy (non-hydrogen) atoms. The smallest absolute Gasteiger partial charge is 0.252 e. The Labute approximate surface area is 202 Å². The van der Waals surface area contributed by atoms with Crippen LogP contribution in [0.3, 0.4) is 0 Å². The Morgan fingerprint density at radius 1 is 1.23 bits per heavy atom. The lowest BCUT2D eigenvalue weighted by Gasteiger charge is -2.34. The number of likely N-dealkylation sites (tertiary alicyclic amines) is 1. The van der Waals surface area contributed by atoms with Crippen LogP contribution in [-0.4, -0.2) is 56.1 Å². The van der Waals surface area contributed by atoms with Crippen LogP contribution in [0.25, 0.3) is 11.1 Å². The van der Waals surface area contributed by atoms with Crippen LogP contribution in [0.2, 0.25) is 0 Å². The summed E-state index contributed by atoms with van der Waals surface area (Å²) in [5.41, 5.74) is -2.12. The van der Waals surface area contributed by atoms with Crippen LogP contribution >= 0.6 is 0 Å². The third-order valence-electron chi connectivity index (χ3n) is 7.43. The lowest BCUT2D eigenvalue weighted by molar-refractivity contribution is -0.157. The van der Waals surface area contributed by atoms with Crippen molar-refractivity contribution in [3.8, 4) is 11.1 Å². The molecule has 1 spiro atoms. The van der Waals surface area contributed by atoms with Crippen LogP contribution in [0.1, 0.15) is 31.7 Å². The zero-order valence-corrected chi connectivity index (χ0v) is 20.0. The van der Waals surface area contributed by atoms with Crippen molar-refractivity contribution >= 4 is 15.9 Å². The van der Waals surface area contributed by atoms with Gasteiger partial charge in [0.05, 0.1) is 12.6 Å². The van der Waals surface area contributed by atoms with E-state index in [1.54, 1.807) is 30.3 Å². The lowest BCUT2D eigenvalue weighted by Crippen LogP contribution is -2.53. The Bertz CT molecular complexity index is 1230. The number of nitrogens with zero attached hydrogens (tertiary/aromatic N) is 1. The molecule has 5 rings (SSSR count). The molecule has 4 atom stereocenters. The zero-order valence-electron chi connectivity index (χ0n) is 19.2. The number of carbonyl (C=O) groups is 1. The zero-order chi connectivity index (χ0) is 25.0. The van der Waals surface area contributed by atoms with E-state index in [1.165, 1.54) is 4.90 Å². The molecule has 0 bridgehead atoms. The van der Waals surface area contributed by atoms with E-state index in [1.807, 2.05) is 0 Å². The molecular weight excluding hydrogens is 481 g/mol. The Kier molecular flexibility index (Phi) is 6.17. The molecule has 0 radical (unpaired) electrons. The number of hydrogen-bond acceptors (Lipinski definition) is 4. The number of ether oxygens (including phenoxy) is 1. The normalized spacial score (nSPS) is 25.9. The summed E-state index contributed by atoms with van der Waals surface area (Å²) < 4.78 is 77.0. The van der Waals surface area contributed by atoms with Gasteiger partial charge >= 0.3 is 0 Å². The van der Waals surface area contributed by atoms with E-state index in [9.17, 15) is 22.0 Å². The maximum absolute atomic E-state index is 15.7. The first-order valence-electron chi connectivity index (χ1n) is 11.7. The SMILES string of the molecule is C[C@@H](F)S(=O)(=O)N[C@@H]1[C@H](Cc2cc(F)cc(-c3ccccc3)c2F)N(C(=O)[C@H]2CCO2)CC12CC2. The van der Waals surface area contributed by atoms with Gasteiger partial charge in [-0.05, 0) is 49.4 Å². The van der Waals surface area contributed by atoms with E-state index < -0.39 is 50.8 Å². The second kappa shape index (κ2) is 8.90. The second-order valence-corrected chi connectivity index (χ2v) is 11.7. The van der Waals surface area contributed by atoms with Crippen molar-refractivity contribution < 1.29 is 31.1 Å². The summed E-state index contributed by atoms with van der Waals surface area (Å²) in [5.74, 6) is -1.58. The second-order valence-electron chi connectivity index (χ2n) is 9.72. The lowest BCUT2D eigenvalue weighted by atomic mass is 9.91. The fraction of sp³-hybridized carbons (Fsp3) is 0.480. The van der Waals surface area contributed by atoms with Crippen LogP contribution in [0.15, 0.2) is 42.5 Å². The quantitative estimate of drug-likeness (QED) is 0.621. The van der Waals surface area contributed by atoms with Crippen molar-refractivity contribution in [3.05, 3.63) is 59.7 Å². The molecule has 2 saturated heterocycles. The number of hydrogen-bond donors (Lipinski definition) is 1. The van der Waals surface area contributed by atoms with Gasteiger partial charge in [0.25, 0.3) is 5.91 Å². The van der Waals surface area contributed by atoms with Crippen LogP contribution < -0.4 is 4.72 Å². The van der Waals surface area contributed by atoms with Gasteiger partial charge in [0.15, 0.2) is 0 Å². The number of carbonyl (C=O) groups excluding carboxylic acids is 1. The summed E-state index contributed by atoms with van der Waals surface area (Å²) in [6.07, 6.45) is 1.07. The number of amides is 1. The van der Waals surface area contributed by atoms with Crippen LogP contribution in [0.5, 0.6) is 0 Å². The van der Waals surface area contributed by atoms with Crippen molar-refractivity contribution in [1.29, 1.82) is 0 Å². The minimum atomic E-state index is -4.32. The standard InChI is InChI=1S/C25H27F3N2O4S/c1-15(26)35(32,33)29-23-20(30(14-25(23)8-9-25)24(31)21-7-10-34-21)12-17-11-18(27)13-19(22(17)28)16-5-3-2-4-6-16/h2-6,11,13,15,20-21,23,29H,7-10,12,14H2,1H3/t15-,20-,21+,23+/m0/s1. The van der Waals surface area contributed by atoms with Gasteiger partial charge in [0.1, 0.15) is 17.7 Å². The molecule has 3 aliphatic rings. The van der Waals surface area contributed by atoms with Crippen molar-refractivity contribution in [2.45, 2.75) is 56.3 Å². The van der Waals surface area contributed by atoms with Gasteiger partial charge in [-0.25, -0.2) is 26.3 Å². The highest BCUT2D eigenvalue weighted by Gasteiger charge is 2.62. The fourth-order valence-corrected chi connectivity index (χ4v) is 6.13. The van der Waals surface area contributed by atoms with Gasteiger partial charge in [0.2, 0.25) is 15.5 Å². The third kappa shape index (κ3) is 4.47. The number of benzene rings is 2. The monoisotopic (exact) mass is 508 g/mol. The number of nitrogens with one attached hydrogen (secondary N) is 1. The van der Waals surface area contributed by atoms with Gasteiger partial charge in [-0.15, -0.1) is 0 Å². The average molecular weight is 509 g/mol. The Hall–Kier alpha value is -2.43. The van der Waals surface area contributed by atoms with Crippen LogP contribution in [-0.2, 0) is 26.0 Å². The third-order valence-corrected chi connectivity index (χ3v) is 8.86. The van der Waals surface area contributed by atoms with E-state index in [0.29, 0.717) is 31.4 Å². The molecule has 3 fully saturated rings. The Morgan fingerprint density at radius 2 is 1.91 bits per heavy atom. The first kappa shape index (κ1) is 24.3. The first-order chi connectivity index (χ1) is 16.6. The minimum absolute atomic E-state index is 0.0244. The van der Waals surface area contributed by atoms with E-state index >= 15 is 4.39 Å². The highest BCUT2D eigenvalue weighted by molar-refractivity contribution is 7.89. The van der Waals surface area contributed by atoms with Gasteiger partial charge < -0.3 is 9.64 Å². The highest BCUT2D eigenvalue weighted by Crippen LogP contribution is 2.56. The Morgan fingerprint density at radius 3 is 2.49 bits per heavy atom. The molecule has 2 aliphatic heterocycles. The molecule has 10 heteroatoms. The van der Waals surface area contributed by atoms with Gasteiger partial charge in [-0.1, -0.05) is 30.3 Å². The Balaban J connectivity index is 1.54. The summed E-state index contributed by atoms with van der Waals surface area (Å²) in [7, 11) is -4.32. The largest absolute Gasteiger partial charge is 0.368 e. The predicted octanol–water partition coefficient (Wildman–Crippen LogP) is 3.56. The molecule has 6 nitrogen and oxygen atoms in total. The van der Waals surface area contributed by atoms with Crippen molar-refractivity contribution in [2.75, 3.05) is 13.2 Å². The van der Waals surface area contributed by atoms with Gasteiger partial charge in [0, 0.05) is 30.0 Å². The molecule has 0 unspecified atom stereocenters. The molecule has 2 aromatic rings. The number of rotatable bonds is 7. The maximum atomic E-state index is 15.7. The number of halogens is 3. The van der Waals surface area contributed by atoms with Crippen LogP contribution in [0, 0.1) is 17.0 Å². The molecule has 1 amide bonds. The molecule has 2 heterocycles. The summed E-state index contributed by atoms with van der Waals surface area (Å²) in [6, 6.07) is 9.08. The summed E-state index contributed by atoms with van der Waals surface area (Å²) in [4.78, 5) is 14.7. The number of alkyl halides is 1. The van der Waals surface area contributed by atoms with Crippen LogP contribution in [0.4, 0.5) is 13.2 Å². The molecule has 1 N–H and O–H groups in total. The molecule has 188 valence electrons. The minimum Gasteiger partial charge on any atom is -0.368 e. The molecule has 0 aromatic heterocycles. The molecular formula is C25H27F3N2O4S. The van der Waals surface area contributed by atoms with Crippen molar-refractivity contribution in [3.63, 3.8) is 0 Å². The fourth-order valence-electron chi connectivity index (χ4n) is 5.18. The maximum Gasteiger partial charge on any atom is 0.252 e. The van der Waals surface area contributed by atoms with Gasteiger partial charge in [-0.2, -0.15) is 0 Å².